The molecule has 2 aromatic heterocycles. The maximum Gasteiger partial charge on any atom is 0.225 e. The molecule has 30 heavy (non-hydrogen) atoms. The lowest BCUT2D eigenvalue weighted by atomic mass is 10.2. The van der Waals surface area contributed by atoms with Crippen LogP contribution in [0.25, 0.3) is 0 Å². The minimum absolute atomic E-state index is 0.247. The lowest BCUT2D eigenvalue weighted by molar-refractivity contribution is 0.569. The van der Waals surface area contributed by atoms with E-state index in [-0.39, 0.29) is 12.2 Å². The fourth-order valence-corrected chi connectivity index (χ4v) is 9.17. The highest BCUT2D eigenvalue weighted by Crippen LogP contribution is 2.44. The molecule has 166 valence electrons. The van der Waals surface area contributed by atoms with Crippen LogP contribution in [-0.4, -0.2) is 47.2 Å². The van der Waals surface area contributed by atoms with Crippen molar-refractivity contribution in [3.05, 3.63) is 37.8 Å². The van der Waals surface area contributed by atoms with Crippen LogP contribution in [0.3, 0.4) is 0 Å². The number of halogens is 6. The zero-order valence-corrected chi connectivity index (χ0v) is 21.0. The van der Waals surface area contributed by atoms with Gasteiger partial charge in [0.1, 0.15) is 26.8 Å². The van der Waals surface area contributed by atoms with Gasteiger partial charge >= 0.3 is 0 Å². The molecule has 0 saturated heterocycles. The summed E-state index contributed by atoms with van der Waals surface area (Å²) in [5, 5.41) is -4.59. The molecule has 0 N–H and O–H groups in total. The third-order valence-electron chi connectivity index (χ3n) is 3.81. The summed E-state index contributed by atoms with van der Waals surface area (Å²) in [6.07, 6.45) is 1.74. The Hall–Kier alpha value is -0.200. The van der Waals surface area contributed by atoms with Gasteiger partial charge in [-0.25, -0.2) is 36.8 Å². The molecule has 2 heterocycles. The number of rotatable bonds is 8. The average molecular weight is 577 g/mol. The molecule has 16 heteroatoms. The maximum atomic E-state index is 13.5. The number of nitrogens with zero attached hydrogens (tertiary/aromatic N) is 4. The van der Waals surface area contributed by atoms with Crippen LogP contribution in [0, 0.1) is 0 Å². The smallest absolute Gasteiger partial charge is 0.225 e. The summed E-state index contributed by atoms with van der Waals surface area (Å²) < 4.78 is 50.6. The molecule has 2 aromatic rings. The van der Waals surface area contributed by atoms with E-state index >= 15 is 0 Å². The first-order chi connectivity index (χ1) is 13.8. The highest BCUT2D eigenvalue weighted by atomic mass is 35.5. The van der Waals surface area contributed by atoms with Crippen LogP contribution in [0.15, 0.2) is 11.2 Å². The number of alkyl halides is 1. The topological polar surface area (TPSA) is 120 Å². The van der Waals surface area contributed by atoms with Crippen molar-refractivity contribution in [3.8, 4) is 0 Å². The number of unbranched alkanes of at least 4 members (excludes halogenated alkanes) is 1. The van der Waals surface area contributed by atoms with Crippen LogP contribution in [0.5, 0.6) is 0 Å². The van der Waals surface area contributed by atoms with Crippen molar-refractivity contribution in [2.45, 2.75) is 34.6 Å². The second-order valence-corrected chi connectivity index (χ2v) is 12.6. The molecule has 2 rings (SSSR count). The fraction of sp³-hybridized carbons (Fsp3) is 0.429. The van der Waals surface area contributed by atoms with Crippen molar-refractivity contribution < 1.29 is 16.8 Å². The van der Waals surface area contributed by atoms with E-state index in [1.54, 1.807) is 6.92 Å². The Bertz CT molecular complexity index is 1120. The molecule has 2 unspecified atom stereocenters. The van der Waals surface area contributed by atoms with Crippen LogP contribution in [-0.2, 0) is 19.7 Å². The van der Waals surface area contributed by atoms with Crippen molar-refractivity contribution >= 4 is 89.3 Å². The molecule has 0 aliphatic carbocycles. The van der Waals surface area contributed by atoms with Crippen molar-refractivity contribution in [3.63, 3.8) is 0 Å². The summed E-state index contributed by atoms with van der Waals surface area (Å²) in [6.45, 7) is 1.76. The quantitative estimate of drug-likeness (QED) is 0.249. The molecular formula is C14H12Cl6N4O4S2. The van der Waals surface area contributed by atoms with Gasteiger partial charge in [-0.05, 0) is 18.0 Å². The van der Waals surface area contributed by atoms with Gasteiger partial charge in [0.2, 0.25) is 5.28 Å². The van der Waals surface area contributed by atoms with Crippen LogP contribution >= 0.6 is 69.6 Å². The molecule has 0 spiro atoms. The van der Waals surface area contributed by atoms with Gasteiger partial charge in [-0.2, -0.15) is 0 Å². The van der Waals surface area contributed by atoms with Gasteiger partial charge in [0.25, 0.3) is 0 Å². The summed E-state index contributed by atoms with van der Waals surface area (Å²) in [7, 11) is -8.96. The van der Waals surface area contributed by atoms with Crippen LogP contribution in [0.2, 0.25) is 25.9 Å². The van der Waals surface area contributed by atoms with Gasteiger partial charge < -0.3 is 0 Å². The monoisotopic (exact) mass is 574 g/mol. The van der Waals surface area contributed by atoms with Gasteiger partial charge in [0.05, 0.1) is 5.75 Å². The summed E-state index contributed by atoms with van der Waals surface area (Å²) in [4.78, 5) is 13.7. The first kappa shape index (κ1) is 26.1. The lowest BCUT2D eigenvalue weighted by Gasteiger charge is -2.24. The Labute approximate surface area is 203 Å². The lowest BCUT2D eigenvalue weighted by Crippen LogP contribution is -2.32. The standard InChI is InChI=1S/C14H12Cl6N4O4S2/c1-2-3-4-29(25,26)13(19)7(6-9(15)21-5-22-10(6)16)30(27,28)8-11(17)23-14(20)24-12(8)18/h5,7,13H,2-4H2,1H3. The fourth-order valence-electron chi connectivity index (χ4n) is 2.40. The van der Waals surface area contributed by atoms with E-state index in [0.29, 0.717) is 6.42 Å². The molecule has 8 nitrogen and oxygen atoms in total. The molecule has 0 fully saturated rings. The molecule has 2 atom stereocenters. The highest BCUT2D eigenvalue weighted by molar-refractivity contribution is 7.96. The van der Waals surface area contributed by atoms with Gasteiger partial charge in [-0.15, -0.1) is 11.6 Å². The Morgan fingerprint density at radius 2 is 1.40 bits per heavy atom. The zero-order chi connectivity index (χ0) is 22.9. The second-order valence-electron chi connectivity index (χ2n) is 5.81. The zero-order valence-electron chi connectivity index (χ0n) is 14.9. The largest absolute Gasteiger partial charge is 0.227 e. The molecule has 0 amide bonds. The number of hydrogen-bond acceptors (Lipinski definition) is 8. The molecule has 0 saturated carbocycles. The third-order valence-corrected chi connectivity index (χ3v) is 10.7. The van der Waals surface area contributed by atoms with E-state index < -0.39 is 66.0 Å². The molecule has 0 aliphatic rings. The van der Waals surface area contributed by atoms with Crippen molar-refractivity contribution in [1.29, 1.82) is 0 Å². The number of sulfone groups is 2. The Kier molecular flexibility index (Phi) is 8.83. The molecule has 0 bridgehead atoms. The van der Waals surface area contributed by atoms with Gasteiger partial charge in [0.15, 0.2) is 34.7 Å². The molecule has 0 radical (unpaired) electrons. The van der Waals surface area contributed by atoms with E-state index in [0.717, 1.165) is 6.33 Å². The summed E-state index contributed by atoms with van der Waals surface area (Å²) >= 11 is 35.9. The minimum Gasteiger partial charge on any atom is -0.227 e. The van der Waals surface area contributed by atoms with Gasteiger partial charge in [-0.3, -0.25) is 0 Å². The van der Waals surface area contributed by atoms with E-state index in [1.165, 1.54) is 0 Å². The van der Waals surface area contributed by atoms with E-state index in [1.807, 2.05) is 0 Å². The Balaban J connectivity index is 2.84. The second kappa shape index (κ2) is 10.2. The predicted molar refractivity (Wildman–Crippen MR) is 117 cm³/mol. The Morgan fingerprint density at radius 1 is 0.900 bits per heavy atom. The predicted octanol–water partition coefficient (Wildman–Crippen LogP) is 4.83. The molecule has 0 aromatic carbocycles. The normalized spacial score (nSPS) is 14.5. The maximum absolute atomic E-state index is 13.5. The number of aromatic nitrogens is 4. The van der Waals surface area contributed by atoms with Crippen molar-refractivity contribution in [2.75, 3.05) is 5.75 Å². The van der Waals surface area contributed by atoms with Crippen molar-refractivity contribution in [1.82, 2.24) is 19.9 Å². The minimum atomic E-state index is -4.79. The first-order valence-corrected chi connectivity index (χ1v) is 13.6. The van der Waals surface area contributed by atoms with E-state index in [4.69, 9.17) is 69.6 Å². The third kappa shape index (κ3) is 5.40. The molecule has 0 aliphatic heterocycles. The number of hydrogen-bond donors (Lipinski definition) is 0. The van der Waals surface area contributed by atoms with E-state index in [2.05, 4.69) is 19.9 Å². The summed E-state index contributed by atoms with van der Waals surface area (Å²) in [5.74, 6) is -0.384. The first-order valence-electron chi connectivity index (χ1n) is 7.98. The van der Waals surface area contributed by atoms with E-state index in [9.17, 15) is 16.8 Å². The Morgan fingerprint density at radius 3 is 1.87 bits per heavy atom. The van der Waals surface area contributed by atoms with Crippen LogP contribution in [0.4, 0.5) is 0 Å². The SMILES string of the molecule is CCCCS(=O)(=O)C(Cl)C(c1c(Cl)ncnc1Cl)S(=O)(=O)c1c(Cl)nc(Cl)nc1Cl. The van der Waals surface area contributed by atoms with Crippen LogP contribution < -0.4 is 0 Å². The summed E-state index contributed by atoms with van der Waals surface area (Å²) in [5.41, 5.74) is -0.428. The van der Waals surface area contributed by atoms with Crippen molar-refractivity contribution in [2.24, 2.45) is 0 Å². The summed E-state index contributed by atoms with van der Waals surface area (Å²) in [6, 6.07) is 0. The van der Waals surface area contributed by atoms with Crippen LogP contribution in [0.1, 0.15) is 30.6 Å². The average Bonchev–Trinajstić information content (AvgIpc) is 2.61. The van der Waals surface area contributed by atoms with Gasteiger partial charge in [0, 0.05) is 5.56 Å². The van der Waals surface area contributed by atoms with Gasteiger partial charge in [-0.1, -0.05) is 59.7 Å². The molecular weight excluding hydrogens is 565 g/mol. The highest BCUT2D eigenvalue weighted by Gasteiger charge is 2.46.